The molecule has 1 aliphatic heterocycles. The summed E-state index contributed by atoms with van der Waals surface area (Å²) in [5, 5.41) is 11.5. The van der Waals surface area contributed by atoms with E-state index in [1.54, 1.807) is 0 Å². The molecule has 0 unspecified atom stereocenters. The Hall–Kier alpha value is -1.76. The van der Waals surface area contributed by atoms with Gasteiger partial charge in [0.25, 0.3) is 11.5 Å². The Kier molecular flexibility index (Phi) is 2.32. The average Bonchev–Trinajstić information content (AvgIpc) is 2.51. The molecule has 0 fully saturated rings. The van der Waals surface area contributed by atoms with Crippen LogP contribution in [0.3, 0.4) is 0 Å². The van der Waals surface area contributed by atoms with Crippen molar-refractivity contribution in [1.29, 1.82) is 0 Å². The van der Waals surface area contributed by atoms with Gasteiger partial charge >= 0.3 is 6.18 Å². The number of carbonyl (C=O) groups excluding carboxylic acids is 1. The molecule has 2 rings (SSSR count). The van der Waals surface area contributed by atoms with Crippen molar-refractivity contribution in [2.45, 2.75) is 11.8 Å². The average molecular weight is 247 g/mol. The van der Waals surface area contributed by atoms with Crippen LogP contribution in [0.15, 0.2) is 18.2 Å². The lowest BCUT2D eigenvalue weighted by Crippen LogP contribution is -2.47. The number of hydrogen-bond acceptors (Lipinski definition) is 3. The van der Waals surface area contributed by atoms with E-state index in [4.69, 9.17) is 4.74 Å². The minimum Gasteiger partial charge on any atom is -0.497 e. The Morgan fingerprint density at radius 2 is 2.06 bits per heavy atom. The van der Waals surface area contributed by atoms with Gasteiger partial charge in [0.2, 0.25) is 0 Å². The van der Waals surface area contributed by atoms with E-state index in [0.717, 1.165) is 6.07 Å². The second-order valence-electron chi connectivity index (χ2n) is 3.57. The van der Waals surface area contributed by atoms with Gasteiger partial charge in [0.15, 0.2) is 0 Å². The van der Waals surface area contributed by atoms with Gasteiger partial charge in [-0.05, 0) is 12.1 Å². The Labute approximate surface area is 94.0 Å². The van der Waals surface area contributed by atoms with Gasteiger partial charge in [-0.15, -0.1) is 0 Å². The molecule has 0 spiro atoms. The zero-order chi connectivity index (χ0) is 12.8. The van der Waals surface area contributed by atoms with Crippen molar-refractivity contribution in [2.24, 2.45) is 0 Å². The molecule has 1 amide bonds. The van der Waals surface area contributed by atoms with Crippen molar-refractivity contribution in [3.8, 4) is 5.75 Å². The molecule has 2 N–H and O–H groups in total. The number of fused-ring (bicyclic) bond motifs is 1. The van der Waals surface area contributed by atoms with Gasteiger partial charge in [-0.1, -0.05) is 0 Å². The van der Waals surface area contributed by atoms with Crippen molar-refractivity contribution >= 4 is 11.6 Å². The van der Waals surface area contributed by atoms with E-state index >= 15 is 0 Å². The molecule has 1 aromatic carbocycles. The quantitative estimate of drug-likeness (QED) is 0.788. The zero-order valence-electron chi connectivity index (χ0n) is 8.63. The highest BCUT2D eigenvalue weighted by atomic mass is 19.4. The molecule has 0 aliphatic carbocycles. The first-order valence-electron chi connectivity index (χ1n) is 4.60. The Morgan fingerprint density at radius 3 is 2.59 bits per heavy atom. The van der Waals surface area contributed by atoms with Gasteiger partial charge in [-0.25, -0.2) is 0 Å². The maximum Gasteiger partial charge on any atom is 0.430 e. The number of aliphatic hydroxyl groups is 1. The van der Waals surface area contributed by atoms with Crippen molar-refractivity contribution < 1.29 is 27.8 Å². The number of nitrogens with one attached hydrogen (secondary N) is 1. The molecule has 1 aromatic rings. The lowest BCUT2D eigenvalue weighted by Gasteiger charge is -2.23. The van der Waals surface area contributed by atoms with E-state index in [-0.39, 0.29) is 11.4 Å². The number of ether oxygens (including phenoxy) is 1. The molecule has 0 aromatic heterocycles. The monoisotopic (exact) mass is 247 g/mol. The summed E-state index contributed by atoms with van der Waals surface area (Å²) in [6.07, 6.45) is -5.07. The number of anilines is 1. The van der Waals surface area contributed by atoms with Crippen LogP contribution in [-0.2, 0) is 10.4 Å². The maximum atomic E-state index is 12.7. The number of alkyl halides is 3. The lowest BCUT2D eigenvalue weighted by molar-refractivity contribution is -0.252. The molecule has 0 bridgehead atoms. The highest BCUT2D eigenvalue weighted by Gasteiger charge is 2.64. The number of carbonyl (C=O) groups is 1. The third-order valence-electron chi connectivity index (χ3n) is 2.60. The van der Waals surface area contributed by atoms with E-state index in [0.29, 0.717) is 0 Å². The Balaban J connectivity index is 2.59. The van der Waals surface area contributed by atoms with Gasteiger partial charge < -0.3 is 15.2 Å². The summed E-state index contributed by atoms with van der Waals surface area (Å²) in [7, 11) is 1.34. The molecular weight excluding hydrogens is 239 g/mol. The number of methoxy groups -OCH3 is 1. The van der Waals surface area contributed by atoms with Gasteiger partial charge in [-0.2, -0.15) is 13.2 Å². The summed E-state index contributed by atoms with van der Waals surface area (Å²) in [4.78, 5) is 11.3. The molecule has 17 heavy (non-hydrogen) atoms. The standard InChI is InChI=1S/C10H8F3NO3/c1-17-5-2-3-6-7(4-5)14-8(15)9(6,16)10(11,12)13/h2-4,16H,1H3,(H,14,15)/t9-/m0/s1. The van der Waals surface area contributed by atoms with Crippen LogP contribution in [0.2, 0.25) is 0 Å². The first kappa shape index (κ1) is 11.7. The summed E-state index contributed by atoms with van der Waals surface area (Å²) in [5.74, 6) is -1.22. The van der Waals surface area contributed by atoms with Crippen molar-refractivity contribution in [3.63, 3.8) is 0 Å². The molecule has 1 atom stereocenters. The second kappa shape index (κ2) is 3.36. The van der Waals surface area contributed by atoms with E-state index in [9.17, 15) is 23.1 Å². The smallest absolute Gasteiger partial charge is 0.430 e. The van der Waals surface area contributed by atoms with Crippen LogP contribution < -0.4 is 10.1 Å². The van der Waals surface area contributed by atoms with Crippen LogP contribution in [0, 0.1) is 0 Å². The third kappa shape index (κ3) is 1.46. The SMILES string of the molecule is COc1ccc2c(c1)NC(=O)[C@]2(O)C(F)(F)F. The number of halogens is 3. The number of rotatable bonds is 1. The van der Waals surface area contributed by atoms with Crippen molar-refractivity contribution in [1.82, 2.24) is 0 Å². The molecule has 0 saturated carbocycles. The van der Waals surface area contributed by atoms with Gasteiger partial charge in [0.1, 0.15) is 5.75 Å². The second-order valence-corrected chi connectivity index (χ2v) is 3.57. The van der Waals surface area contributed by atoms with Crippen molar-refractivity contribution in [3.05, 3.63) is 23.8 Å². The summed E-state index contributed by atoms with van der Waals surface area (Å²) in [6.45, 7) is 0. The van der Waals surface area contributed by atoms with E-state index in [1.807, 2.05) is 5.32 Å². The van der Waals surface area contributed by atoms with Crippen molar-refractivity contribution in [2.75, 3.05) is 12.4 Å². The molecule has 1 heterocycles. The van der Waals surface area contributed by atoms with Gasteiger partial charge in [-0.3, -0.25) is 4.79 Å². The molecule has 1 aliphatic rings. The first-order valence-corrected chi connectivity index (χ1v) is 4.60. The van der Waals surface area contributed by atoms with Crippen LogP contribution in [-0.4, -0.2) is 24.3 Å². The highest BCUT2D eigenvalue weighted by Crippen LogP contribution is 2.47. The normalized spacial score (nSPS) is 23.2. The molecular formula is C10H8F3NO3. The Bertz CT molecular complexity index is 486. The Morgan fingerprint density at radius 1 is 1.41 bits per heavy atom. The van der Waals surface area contributed by atoms with Gasteiger partial charge in [0, 0.05) is 11.6 Å². The largest absolute Gasteiger partial charge is 0.497 e. The molecule has 7 heteroatoms. The fraction of sp³-hybridized carbons (Fsp3) is 0.300. The fourth-order valence-corrected chi connectivity index (χ4v) is 1.69. The summed E-state index contributed by atoms with van der Waals surface area (Å²) in [5.41, 5.74) is -4.11. The molecule has 0 radical (unpaired) electrons. The van der Waals surface area contributed by atoms with Crippen LogP contribution in [0.1, 0.15) is 5.56 Å². The predicted molar refractivity (Wildman–Crippen MR) is 51.6 cm³/mol. The van der Waals surface area contributed by atoms with E-state index in [2.05, 4.69) is 0 Å². The summed E-state index contributed by atoms with van der Waals surface area (Å²) in [6, 6.07) is 3.48. The third-order valence-corrected chi connectivity index (χ3v) is 2.60. The summed E-state index contributed by atoms with van der Waals surface area (Å²) < 4.78 is 43.0. The van der Waals surface area contributed by atoms with Crippen LogP contribution >= 0.6 is 0 Å². The predicted octanol–water partition coefficient (Wildman–Crippen LogP) is 1.40. The lowest BCUT2D eigenvalue weighted by atomic mass is 9.95. The molecule has 4 nitrogen and oxygen atoms in total. The fourth-order valence-electron chi connectivity index (χ4n) is 1.69. The summed E-state index contributed by atoms with van der Waals surface area (Å²) >= 11 is 0. The maximum absolute atomic E-state index is 12.7. The van der Waals surface area contributed by atoms with Crippen LogP contribution in [0.4, 0.5) is 18.9 Å². The number of benzene rings is 1. The topological polar surface area (TPSA) is 58.6 Å². The number of hydrogen-bond donors (Lipinski definition) is 2. The zero-order valence-corrected chi connectivity index (χ0v) is 8.63. The number of amides is 1. The van der Waals surface area contributed by atoms with Gasteiger partial charge in [0.05, 0.1) is 12.8 Å². The first-order chi connectivity index (χ1) is 7.80. The molecule has 92 valence electrons. The minimum absolute atomic E-state index is 0.103. The van der Waals surface area contributed by atoms with Crippen LogP contribution in [0.5, 0.6) is 5.75 Å². The van der Waals surface area contributed by atoms with E-state index < -0.39 is 23.2 Å². The minimum atomic E-state index is -5.07. The van der Waals surface area contributed by atoms with Crippen LogP contribution in [0.25, 0.3) is 0 Å². The van der Waals surface area contributed by atoms with E-state index in [1.165, 1.54) is 19.2 Å². The highest BCUT2D eigenvalue weighted by molar-refractivity contribution is 6.05. The molecule has 0 saturated heterocycles.